The average molecular weight is 532 g/mol. The second-order valence-corrected chi connectivity index (χ2v) is 8.24. The van der Waals surface area contributed by atoms with Gasteiger partial charge in [-0.1, -0.05) is 0 Å². The number of benzene rings is 1. The lowest BCUT2D eigenvalue weighted by atomic mass is 10.2. The predicted octanol–water partition coefficient (Wildman–Crippen LogP) is 3.85. The van der Waals surface area contributed by atoms with Crippen LogP contribution in [0.15, 0.2) is 23.2 Å². The number of nitrogens with one attached hydrogen (secondary N) is 2. The molecule has 1 aromatic carbocycles. The van der Waals surface area contributed by atoms with Crippen LogP contribution < -0.4 is 20.1 Å². The molecule has 1 saturated carbocycles. The molecule has 0 aromatic heterocycles. The maximum Gasteiger partial charge on any atom is 0.410 e. The molecular weight excluding hydrogens is 499 g/mol. The van der Waals surface area contributed by atoms with Crippen molar-refractivity contribution in [2.24, 2.45) is 4.99 Å². The number of rotatable bonds is 5. The van der Waals surface area contributed by atoms with Gasteiger partial charge in [0, 0.05) is 44.4 Å². The molecule has 1 amide bonds. The first-order valence-corrected chi connectivity index (χ1v) is 10.2. The second kappa shape index (κ2) is 10.9. The Hall–Kier alpha value is -1.91. The standard InChI is InChI=1S/C21H32N4O4.HI/c1-21(2,3)29-20(26)25(16-7-8-16)11-10-23-19(22-4)24-15-6-9-17-18(14-15)28-13-5-12-27-17;/h6,9,14,16H,5,7-8,10-13H2,1-4H3,(H2,22,23,24);1H. The molecule has 1 aliphatic carbocycles. The molecule has 0 radical (unpaired) electrons. The van der Waals surface area contributed by atoms with Gasteiger partial charge in [-0.2, -0.15) is 0 Å². The van der Waals surface area contributed by atoms with E-state index in [1.807, 2.05) is 39.0 Å². The number of anilines is 1. The van der Waals surface area contributed by atoms with Gasteiger partial charge in [0.2, 0.25) is 0 Å². The fraction of sp³-hybridized carbons (Fsp3) is 0.619. The van der Waals surface area contributed by atoms with Gasteiger partial charge in [0.15, 0.2) is 17.5 Å². The normalized spacial score (nSPS) is 16.1. The SMILES string of the molecule is CN=C(NCCN(C(=O)OC(C)(C)C)C1CC1)Nc1ccc2c(c1)OCCCO2.I. The maximum absolute atomic E-state index is 12.4. The van der Waals surface area contributed by atoms with Gasteiger partial charge in [-0.3, -0.25) is 4.99 Å². The predicted molar refractivity (Wildman–Crippen MR) is 128 cm³/mol. The number of hydrogen-bond donors (Lipinski definition) is 2. The van der Waals surface area contributed by atoms with Crippen LogP contribution in [-0.2, 0) is 4.74 Å². The van der Waals surface area contributed by atoms with E-state index in [0.717, 1.165) is 36.4 Å². The summed E-state index contributed by atoms with van der Waals surface area (Å²) in [5, 5.41) is 6.51. The fourth-order valence-electron chi connectivity index (χ4n) is 2.98. The highest BCUT2D eigenvalue weighted by Crippen LogP contribution is 2.32. The van der Waals surface area contributed by atoms with E-state index < -0.39 is 5.60 Å². The van der Waals surface area contributed by atoms with Crippen LogP contribution in [0.2, 0.25) is 0 Å². The van der Waals surface area contributed by atoms with E-state index in [4.69, 9.17) is 14.2 Å². The number of carbonyl (C=O) groups is 1. The van der Waals surface area contributed by atoms with E-state index in [2.05, 4.69) is 15.6 Å². The van der Waals surface area contributed by atoms with E-state index >= 15 is 0 Å². The molecule has 1 aromatic rings. The minimum absolute atomic E-state index is 0. The summed E-state index contributed by atoms with van der Waals surface area (Å²) in [5.74, 6) is 2.11. The van der Waals surface area contributed by atoms with Gasteiger partial charge in [-0.15, -0.1) is 24.0 Å². The molecule has 2 N–H and O–H groups in total. The smallest absolute Gasteiger partial charge is 0.410 e. The van der Waals surface area contributed by atoms with E-state index in [0.29, 0.717) is 32.3 Å². The van der Waals surface area contributed by atoms with E-state index in [9.17, 15) is 4.79 Å². The van der Waals surface area contributed by atoms with Crippen LogP contribution in [0.25, 0.3) is 0 Å². The summed E-state index contributed by atoms with van der Waals surface area (Å²) >= 11 is 0. The summed E-state index contributed by atoms with van der Waals surface area (Å²) in [6.45, 7) is 8.09. The highest BCUT2D eigenvalue weighted by Gasteiger charge is 2.34. The van der Waals surface area contributed by atoms with Crippen LogP contribution >= 0.6 is 24.0 Å². The number of amides is 1. The summed E-state index contributed by atoms with van der Waals surface area (Å²) in [6.07, 6.45) is 2.68. The van der Waals surface area contributed by atoms with Gasteiger partial charge in [0.25, 0.3) is 0 Å². The number of nitrogens with zero attached hydrogens (tertiary/aromatic N) is 2. The van der Waals surface area contributed by atoms with Gasteiger partial charge in [0.1, 0.15) is 5.60 Å². The molecule has 0 saturated heterocycles. The minimum atomic E-state index is -0.494. The van der Waals surface area contributed by atoms with Crippen LogP contribution in [0.4, 0.5) is 10.5 Å². The van der Waals surface area contributed by atoms with E-state index in [1.54, 1.807) is 11.9 Å². The molecule has 0 unspecified atom stereocenters. The minimum Gasteiger partial charge on any atom is -0.490 e. The zero-order valence-electron chi connectivity index (χ0n) is 18.2. The summed E-state index contributed by atoms with van der Waals surface area (Å²) in [7, 11) is 1.71. The van der Waals surface area contributed by atoms with E-state index in [1.165, 1.54) is 0 Å². The van der Waals surface area contributed by atoms with Crippen molar-refractivity contribution >= 4 is 41.7 Å². The Labute approximate surface area is 195 Å². The molecule has 30 heavy (non-hydrogen) atoms. The topological polar surface area (TPSA) is 84.4 Å². The van der Waals surface area contributed by atoms with Crippen LogP contribution in [0, 0.1) is 0 Å². The van der Waals surface area contributed by atoms with E-state index in [-0.39, 0.29) is 36.1 Å². The molecule has 1 heterocycles. The first-order valence-electron chi connectivity index (χ1n) is 10.2. The highest BCUT2D eigenvalue weighted by atomic mass is 127. The summed E-state index contributed by atoms with van der Waals surface area (Å²) in [5.41, 5.74) is 0.361. The summed E-state index contributed by atoms with van der Waals surface area (Å²) in [6, 6.07) is 6.01. The van der Waals surface area contributed by atoms with Gasteiger partial charge >= 0.3 is 6.09 Å². The Morgan fingerprint density at radius 2 is 1.93 bits per heavy atom. The van der Waals surface area contributed by atoms with Crippen LogP contribution in [-0.4, -0.2) is 61.9 Å². The number of hydrogen-bond acceptors (Lipinski definition) is 5. The first kappa shape index (κ1) is 24.4. The zero-order valence-corrected chi connectivity index (χ0v) is 20.5. The van der Waals surface area contributed by atoms with Crippen molar-refractivity contribution in [2.75, 3.05) is 38.7 Å². The Balaban J connectivity index is 0.00000320. The third-order valence-electron chi connectivity index (χ3n) is 4.49. The maximum atomic E-state index is 12.4. The highest BCUT2D eigenvalue weighted by molar-refractivity contribution is 14.0. The molecule has 2 aliphatic rings. The molecule has 0 bridgehead atoms. The van der Waals surface area contributed by atoms with Crippen molar-refractivity contribution in [3.63, 3.8) is 0 Å². The summed E-state index contributed by atoms with van der Waals surface area (Å²) in [4.78, 5) is 18.5. The lowest BCUT2D eigenvalue weighted by molar-refractivity contribution is 0.0238. The summed E-state index contributed by atoms with van der Waals surface area (Å²) < 4.78 is 16.9. The number of halogens is 1. The molecule has 3 rings (SSSR count). The Bertz CT molecular complexity index is 747. The van der Waals surface area contributed by atoms with Gasteiger partial charge in [-0.05, 0) is 45.7 Å². The van der Waals surface area contributed by atoms with Crippen molar-refractivity contribution in [2.45, 2.75) is 51.7 Å². The Morgan fingerprint density at radius 3 is 2.57 bits per heavy atom. The molecule has 0 spiro atoms. The Kier molecular flexibility index (Phi) is 8.87. The van der Waals surface area contributed by atoms with Crippen molar-refractivity contribution < 1.29 is 19.0 Å². The molecule has 168 valence electrons. The first-order chi connectivity index (χ1) is 13.9. The molecule has 0 atom stereocenters. The monoisotopic (exact) mass is 532 g/mol. The molecule has 1 aliphatic heterocycles. The van der Waals surface area contributed by atoms with Crippen molar-refractivity contribution in [1.82, 2.24) is 10.2 Å². The van der Waals surface area contributed by atoms with Crippen LogP contribution in [0.3, 0.4) is 0 Å². The van der Waals surface area contributed by atoms with Crippen LogP contribution in [0.5, 0.6) is 11.5 Å². The van der Waals surface area contributed by atoms with Gasteiger partial charge in [0.05, 0.1) is 13.2 Å². The second-order valence-electron chi connectivity index (χ2n) is 8.24. The third kappa shape index (κ3) is 7.41. The van der Waals surface area contributed by atoms with Crippen molar-refractivity contribution in [3.05, 3.63) is 18.2 Å². The number of ether oxygens (including phenoxy) is 3. The number of aliphatic imine (C=N–C) groups is 1. The molecule has 1 fully saturated rings. The molecular formula is C21H33IN4O4. The zero-order chi connectivity index (χ0) is 20.9. The quantitative estimate of drug-likeness (QED) is 0.341. The number of guanidine groups is 1. The number of carbonyl (C=O) groups excluding carboxylic acids is 1. The molecule has 9 heteroatoms. The largest absolute Gasteiger partial charge is 0.490 e. The van der Waals surface area contributed by atoms with Gasteiger partial charge in [-0.25, -0.2) is 4.79 Å². The third-order valence-corrected chi connectivity index (χ3v) is 4.49. The lowest BCUT2D eigenvalue weighted by Crippen LogP contribution is -2.43. The fourth-order valence-corrected chi connectivity index (χ4v) is 2.98. The van der Waals surface area contributed by atoms with Crippen molar-refractivity contribution in [1.29, 1.82) is 0 Å². The van der Waals surface area contributed by atoms with Crippen molar-refractivity contribution in [3.8, 4) is 11.5 Å². The Morgan fingerprint density at radius 1 is 1.23 bits per heavy atom. The van der Waals surface area contributed by atoms with Gasteiger partial charge < -0.3 is 29.7 Å². The lowest BCUT2D eigenvalue weighted by Gasteiger charge is -2.27. The average Bonchev–Trinajstić information content (AvgIpc) is 3.49. The van der Waals surface area contributed by atoms with Crippen LogP contribution in [0.1, 0.15) is 40.0 Å². The molecule has 8 nitrogen and oxygen atoms in total. The number of fused-ring (bicyclic) bond motifs is 1.